The minimum Gasteiger partial charge on any atom is -0.492 e. The summed E-state index contributed by atoms with van der Waals surface area (Å²) in [4.78, 5) is 14.6. The number of hydrogen-bond acceptors (Lipinski definition) is 5. The molecule has 1 heterocycles. The summed E-state index contributed by atoms with van der Waals surface area (Å²) in [6.45, 7) is 8.80. The third kappa shape index (κ3) is 4.96. The number of anilines is 1. The maximum Gasteiger partial charge on any atom is 0.243 e. The predicted molar refractivity (Wildman–Crippen MR) is 102 cm³/mol. The van der Waals surface area contributed by atoms with Gasteiger partial charge in [-0.1, -0.05) is 13.8 Å². The first-order valence-corrected chi connectivity index (χ1v) is 10.7. The fourth-order valence-corrected chi connectivity index (χ4v) is 4.58. The van der Waals surface area contributed by atoms with Crippen LogP contribution in [0.5, 0.6) is 5.75 Å². The van der Waals surface area contributed by atoms with Crippen molar-refractivity contribution in [1.82, 2.24) is 9.21 Å². The van der Waals surface area contributed by atoms with E-state index in [4.69, 9.17) is 4.74 Å². The number of likely N-dealkylation sites (tertiary alicyclic amines) is 1. The Hall–Kier alpha value is -1.64. The van der Waals surface area contributed by atoms with Crippen molar-refractivity contribution in [3.8, 4) is 5.75 Å². The van der Waals surface area contributed by atoms with Crippen molar-refractivity contribution < 1.29 is 17.9 Å². The van der Waals surface area contributed by atoms with E-state index in [1.165, 1.54) is 16.4 Å². The molecule has 1 N–H and O–H groups in total. The van der Waals surface area contributed by atoms with E-state index < -0.39 is 10.0 Å². The van der Waals surface area contributed by atoms with Gasteiger partial charge in [-0.2, -0.15) is 4.31 Å². The van der Waals surface area contributed by atoms with Crippen LogP contribution >= 0.6 is 0 Å². The molecule has 0 aliphatic carbocycles. The molecule has 0 saturated carbocycles. The van der Waals surface area contributed by atoms with Crippen molar-refractivity contribution in [2.24, 2.45) is 0 Å². The lowest BCUT2D eigenvalue weighted by molar-refractivity contribution is -0.117. The van der Waals surface area contributed by atoms with E-state index in [2.05, 4.69) is 10.2 Å². The molecule has 8 heteroatoms. The minimum atomic E-state index is -3.60. The van der Waals surface area contributed by atoms with E-state index in [9.17, 15) is 13.2 Å². The normalized spacial score (nSPS) is 15.4. The molecule has 0 atom stereocenters. The fraction of sp³-hybridized carbons (Fsp3) is 0.611. The fourth-order valence-electron chi connectivity index (χ4n) is 3.09. The Morgan fingerprint density at radius 2 is 1.85 bits per heavy atom. The van der Waals surface area contributed by atoms with Gasteiger partial charge in [0.2, 0.25) is 15.9 Å². The zero-order valence-corrected chi connectivity index (χ0v) is 16.6. The Balaban J connectivity index is 2.25. The Kier molecular flexibility index (Phi) is 7.43. The van der Waals surface area contributed by atoms with Crippen LogP contribution < -0.4 is 10.1 Å². The molecule has 2 rings (SSSR count). The van der Waals surface area contributed by atoms with Gasteiger partial charge in [0.1, 0.15) is 5.75 Å². The molecule has 146 valence electrons. The topological polar surface area (TPSA) is 79.0 Å². The molecule has 0 aromatic heterocycles. The molecule has 1 amide bonds. The number of hydrogen-bond donors (Lipinski definition) is 1. The van der Waals surface area contributed by atoms with Gasteiger partial charge in [0, 0.05) is 13.1 Å². The van der Waals surface area contributed by atoms with Crippen LogP contribution in [0.15, 0.2) is 23.1 Å². The summed E-state index contributed by atoms with van der Waals surface area (Å²) in [6.07, 6.45) is 2.21. The number of amides is 1. The summed E-state index contributed by atoms with van der Waals surface area (Å²) in [5, 5.41) is 2.82. The monoisotopic (exact) mass is 383 g/mol. The van der Waals surface area contributed by atoms with Gasteiger partial charge < -0.3 is 10.1 Å². The Morgan fingerprint density at radius 1 is 1.19 bits per heavy atom. The first-order chi connectivity index (χ1) is 12.4. The summed E-state index contributed by atoms with van der Waals surface area (Å²) in [5.74, 6) is 0.311. The highest BCUT2D eigenvalue weighted by Gasteiger charge is 2.24. The van der Waals surface area contributed by atoms with Crippen LogP contribution in [-0.2, 0) is 14.8 Å². The van der Waals surface area contributed by atoms with Crippen LogP contribution in [0.25, 0.3) is 0 Å². The molecule has 7 nitrogen and oxygen atoms in total. The van der Waals surface area contributed by atoms with Crippen molar-refractivity contribution in [3.63, 3.8) is 0 Å². The van der Waals surface area contributed by atoms with Gasteiger partial charge >= 0.3 is 0 Å². The number of nitrogens with zero attached hydrogens (tertiary/aromatic N) is 2. The molecule has 0 unspecified atom stereocenters. The molecular formula is C18H29N3O4S. The average molecular weight is 384 g/mol. The molecule has 1 aliphatic heterocycles. The number of carbonyl (C=O) groups is 1. The predicted octanol–water partition coefficient (Wildman–Crippen LogP) is 2.15. The van der Waals surface area contributed by atoms with Gasteiger partial charge in [0.05, 0.1) is 23.7 Å². The number of carbonyl (C=O) groups excluding carboxylic acids is 1. The number of ether oxygens (including phenoxy) is 1. The number of benzene rings is 1. The van der Waals surface area contributed by atoms with E-state index in [-0.39, 0.29) is 10.8 Å². The number of nitrogens with one attached hydrogen (secondary N) is 1. The highest BCUT2D eigenvalue weighted by Crippen LogP contribution is 2.29. The average Bonchev–Trinajstić information content (AvgIpc) is 3.10. The molecule has 1 aromatic carbocycles. The van der Waals surface area contributed by atoms with Crippen LogP contribution in [0.2, 0.25) is 0 Å². The molecule has 0 spiro atoms. The smallest absolute Gasteiger partial charge is 0.243 e. The standard InChI is InChI=1S/C18H29N3O4S/c1-4-21(5-2)26(23,24)15-9-10-17(25-6-3)16(13-15)19-18(22)14-20-11-7-8-12-20/h9-10,13H,4-8,11-12,14H2,1-3H3,(H,19,22). The van der Waals surface area contributed by atoms with Crippen molar-refractivity contribution in [2.45, 2.75) is 38.5 Å². The third-order valence-electron chi connectivity index (χ3n) is 4.43. The van der Waals surface area contributed by atoms with Crippen LogP contribution in [0, 0.1) is 0 Å². The third-order valence-corrected chi connectivity index (χ3v) is 6.48. The van der Waals surface area contributed by atoms with Gasteiger partial charge in [-0.3, -0.25) is 9.69 Å². The molecule has 1 aliphatic rings. The molecule has 1 saturated heterocycles. The lowest BCUT2D eigenvalue weighted by Crippen LogP contribution is -2.32. The van der Waals surface area contributed by atoms with E-state index >= 15 is 0 Å². The van der Waals surface area contributed by atoms with E-state index in [0.717, 1.165) is 25.9 Å². The minimum absolute atomic E-state index is 0.154. The maximum atomic E-state index is 12.7. The first kappa shape index (κ1) is 20.7. The summed E-state index contributed by atoms with van der Waals surface area (Å²) in [6, 6.07) is 4.61. The second kappa shape index (κ2) is 9.34. The first-order valence-electron chi connectivity index (χ1n) is 9.21. The van der Waals surface area contributed by atoms with E-state index in [1.807, 2.05) is 6.92 Å². The zero-order valence-electron chi connectivity index (χ0n) is 15.8. The van der Waals surface area contributed by atoms with Crippen LogP contribution in [0.3, 0.4) is 0 Å². The van der Waals surface area contributed by atoms with Gasteiger partial charge in [0.15, 0.2) is 0 Å². The van der Waals surface area contributed by atoms with Gasteiger partial charge in [-0.25, -0.2) is 8.42 Å². The zero-order chi connectivity index (χ0) is 19.2. The van der Waals surface area contributed by atoms with E-state index in [0.29, 0.717) is 37.7 Å². The quantitative estimate of drug-likeness (QED) is 0.707. The Bertz CT molecular complexity index is 711. The summed E-state index contributed by atoms with van der Waals surface area (Å²) in [5.41, 5.74) is 0.393. The lowest BCUT2D eigenvalue weighted by atomic mass is 10.3. The molecule has 0 bridgehead atoms. The van der Waals surface area contributed by atoms with Crippen molar-refractivity contribution >= 4 is 21.6 Å². The molecule has 26 heavy (non-hydrogen) atoms. The van der Waals surface area contributed by atoms with E-state index in [1.54, 1.807) is 19.9 Å². The SMILES string of the molecule is CCOc1ccc(S(=O)(=O)N(CC)CC)cc1NC(=O)CN1CCCC1. The highest BCUT2D eigenvalue weighted by atomic mass is 32.2. The Labute approximate surface area is 156 Å². The van der Waals surface area contributed by atoms with Gasteiger partial charge in [-0.05, 0) is 51.1 Å². The van der Waals surface area contributed by atoms with Crippen LogP contribution in [0.4, 0.5) is 5.69 Å². The number of sulfonamides is 1. The molecule has 1 fully saturated rings. The van der Waals surface area contributed by atoms with Crippen LogP contribution in [0.1, 0.15) is 33.6 Å². The Morgan fingerprint density at radius 3 is 2.42 bits per heavy atom. The second-order valence-electron chi connectivity index (χ2n) is 6.21. The van der Waals surface area contributed by atoms with Gasteiger partial charge in [-0.15, -0.1) is 0 Å². The maximum absolute atomic E-state index is 12.7. The molecule has 1 aromatic rings. The largest absolute Gasteiger partial charge is 0.492 e. The summed E-state index contributed by atoms with van der Waals surface area (Å²) < 4.78 is 32.4. The number of rotatable bonds is 9. The molecule has 0 radical (unpaired) electrons. The summed E-state index contributed by atoms with van der Waals surface area (Å²) in [7, 11) is -3.60. The highest BCUT2D eigenvalue weighted by molar-refractivity contribution is 7.89. The van der Waals surface area contributed by atoms with Crippen molar-refractivity contribution in [3.05, 3.63) is 18.2 Å². The lowest BCUT2D eigenvalue weighted by Gasteiger charge is -2.20. The van der Waals surface area contributed by atoms with Gasteiger partial charge in [0.25, 0.3) is 0 Å². The summed E-state index contributed by atoms with van der Waals surface area (Å²) >= 11 is 0. The van der Waals surface area contributed by atoms with Crippen molar-refractivity contribution in [2.75, 3.05) is 44.6 Å². The molecular weight excluding hydrogens is 354 g/mol. The van der Waals surface area contributed by atoms with Crippen LogP contribution in [-0.4, -0.2) is 62.9 Å². The van der Waals surface area contributed by atoms with Crippen molar-refractivity contribution in [1.29, 1.82) is 0 Å². The second-order valence-corrected chi connectivity index (χ2v) is 8.15.